The van der Waals surface area contributed by atoms with Gasteiger partial charge in [0.2, 0.25) is 10.0 Å². The Kier molecular flexibility index (Phi) is 5.74. The largest absolute Gasteiger partial charge is 0.416 e. The molecule has 1 aliphatic rings. The van der Waals surface area contributed by atoms with Gasteiger partial charge in [0.25, 0.3) is 0 Å². The van der Waals surface area contributed by atoms with Crippen molar-refractivity contribution in [2.75, 3.05) is 26.2 Å². The third-order valence-electron chi connectivity index (χ3n) is 4.81. The highest BCUT2D eigenvalue weighted by atomic mass is 32.2. The molecule has 0 radical (unpaired) electrons. The molecule has 28 heavy (non-hydrogen) atoms. The van der Waals surface area contributed by atoms with Crippen molar-refractivity contribution >= 4 is 10.0 Å². The lowest BCUT2D eigenvalue weighted by atomic mass is 10.1. The molecule has 0 amide bonds. The van der Waals surface area contributed by atoms with Crippen molar-refractivity contribution in [1.29, 1.82) is 5.26 Å². The third-order valence-corrected chi connectivity index (χ3v) is 6.70. The number of nitriles is 1. The van der Waals surface area contributed by atoms with Crippen LogP contribution >= 0.6 is 0 Å². The molecule has 0 aliphatic carbocycles. The van der Waals surface area contributed by atoms with Crippen LogP contribution in [-0.2, 0) is 22.7 Å². The molecule has 1 aliphatic heterocycles. The molecule has 0 spiro atoms. The number of sulfonamides is 1. The summed E-state index contributed by atoms with van der Waals surface area (Å²) in [7, 11) is -3.99. The van der Waals surface area contributed by atoms with Gasteiger partial charge in [0.1, 0.15) is 6.54 Å². The molecule has 148 valence electrons. The summed E-state index contributed by atoms with van der Waals surface area (Å²) in [5.74, 6) is 0. The van der Waals surface area contributed by atoms with Gasteiger partial charge in [0, 0.05) is 5.56 Å². The van der Waals surface area contributed by atoms with Gasteiger partial charge in [0.05, 0.1) is 48.3 Å². The monoisotopic (exact) mass is 410 g/mol. The van der Waals surface area contributed by atoms with Gasteiger partial charge < -0.3 is 4.90 Å². The summed E-state index contributed by atoms with van der Waals surface area (Å²) in [5, 5.41) is 9.18. The van der Waals surface area contributed by atoms with E-state index in [1.807, 2.05) is 12.1 Å². The van der Waals surface area contributed by atoms with E-state index in [1.54, 1.807) is 12.1 Å². The van der Waals surface area contributed by atoms with Crippen LogP contribution in [0.1, 0.15) is 16.7 Å². The smallest absolute Gasteiger partial charge is 0.329 e. The van der Waals surface area contributed by atoms with Crippen molar-refractivity contribution in [3.63, 3.8) is 0 Å². The predicted octanol–water partition coefficient (Wildman–Crippen LogP) is 1.67. The molecule has 2 aromatic rings. The highest BCUT2D eigenvalue weighted by Crippen LogP contribution is 2.31. The van der Waals surface area contributed by atoms with Crippen molar-refractivity contribution in [2.45, 2.75) is 17.6 Å². The summed E-state index contributed by atoms with van der Waals surface area (Å²) >= 11 is 0. The fourth-order valence-corrected chi connectivity index (χ4v) is 4.74. The highest BCUT2D eigenvalue weighted by Gasteiger charge is 2.34. The van der Waals surface area contributed by atoms with E-state index in [0.29, 0.717) is 31.3 Å². The number of alkyl halides is 3. The van der Waals surface area contributed by atoms with E-state index in [2.05, 4.69) is 6.07 Å². The second kappa shape index (κ2) is 7.91. The highest BCUT2D eigenvalue weighted by molar-refractivity contribution is 7.89. The first-order valence-corrected chi connectivity index (χ1v) is 10.1. The summed E-state index contributed by atoms with van der Waals surface area (Å²) in [4.78, 5) is 0.777. The van der Waals surface area contributed by atoms with Gasteiger partial charge in [-0.25, -0.2) is 8.42 Å². The van der Waals surface area contributed by atoms with Crippen molar-refractivity contribution in [3.8, 4) is 6.07 Å². The van der Waals surface area contributed by atoms with Gasteiger partial charge in [0.15, 0.2) is 0 Å². The first-order valence-electron chi connectivity index (χ1n) is 8.71. The maximum absolute atomic E-state index is 12.9. The summed E-state index contributed by atoms with van der Waals surface area (Å²) in [6.07, 6.45) is -4.59. The topological polar surface area (TPSA) is 65.6 Å². The molecule has 1 saturated heterocycles. The third kappa shape index (κ3) is 4.35. The lowest BCUT2D eigenvalue weighted by Gasteiger charge is -2.31. The molecule has 1 fully saturated rings. The fraction of sp³-hybridized carbons (Fsp3) is 0.316. The van der Waals surface area contributed by atoms with Gasteiger partial charge in [-0.3, -0.25) is 0 Å². The van der Waals surface area contributed by atoms with Gasteiger partial charge >= 0.3 is 6.18 Å². The molecule has 0 aromatic heterocycles. The Labute approximate surface area is 161 Å². The number of nitrogens with zero attached hydrogens (tertiary/aromatic N) is 2. The number of piperazine rings is 1. The zero-order valence-corrected chi connectivity index (χ0v) is 15.7. The van der Waals surface area contributed by atoms with Crippen LogP contribution in [0.15, 0.2) is 53.4 Å². The molecule has 1 N–H and O–H groups in total. The Bertz CT molecular complexity index is 992. The normalized spacial score (nSPS) is 16.6. The number of nitrogens with one attached hydrogen (secondary N) is 1. The number of hydrogen-bond donors (Lipinski definition) is 1. The molecular formula is C19H19F3N3O2S+. The number of halogens is 3. The minimum Gasteiger partial charge on any atom is -0.329 e. The Hall–Kier alpha value is -2.41. The second-order valence-corrected chi connectivity index (χ2v) is 8.56. The lowest BCUT2D eigenvalue weighted by Crippen LogP contribution is -3.13. The first kappa shape index (κ1) is 20.3. The average Bonchev–Trinajstić information content (AvgIpc) is 2.68. The molecule has 9 heteroatoms. The van der Waals surface area contributed by atoms with Gasteiger partial charge in [-0.2, -0.15) is 22.7 Å². The number of hydrogen-bond acceptors (Lipinski definition) is 3. The summed E-state index contributed by atoms with van der Waals surface area (Å²) < 4.78 is 65.4. The van der Waals surface area contributed by atoms with Gasteiger partial charge in [-0.05, 0) is 24.3 Å². The van der Waals surface area contributed by atoms with Crippen molar-refractivity contribution < 1.29 is 26.5 Å². The van der Waals surface area contributed by atoms with Crippen LogP contribution in [0.4, 0.5) is 13.2 Å². The maximum atomic E-state index is 12.9. The number of quaternary nitrogens is 1. The Balaban J connectivity index is 1.70. The van der Waals surface area contributed by atoms with E-state index in [9.17, 15) is 26.9 Å². The molecule has 0 atom stereocenters. The van der Waals surface area contributed by atoms with Crippen LogP contribution in [0, 0.1) is 11.3 Å². The Morgan fingerprint density at radius 2 is 1.75 bits per heavy atom. The summed E-state index contributed by atoms with van der Waals surface area (Å²) in [5.41, 5.74) is 0.508. The molecule has 1 heterocycles. The molecular weight excluding hydrogens is 391 g/mol. The molecule has 5 nitrogen and oxygen atoms in total. The van der Waals surface area contributed by atoms with E-state index in [0.717, 1.165) is 22.6 Å². The quantitative estimate of drug-likeness (QED) is 0.834. The Morgan fingerprint density at radius 3 is 2.39 bits per heavy atom. The van der Waals surface area contributed by atoms with Crippen LogP contribution < -0.4 is 4.90 Å². The fourth-order valence-electron chi connectivity index (χ4n) is 3.25. The van der Waals surface area contributed by atoms with Gasteiger partial charge in [-0.15, -0.1) is 0 Å². The molecule has 0 bridgehead atoms. The van der Waals surface area contributed by atoms with E-state index >= 15 is 0 Å². The van der Waals surface area contributed by atoms with Crippen molar-refractivity contribution in [1.82, 2.24) is 4.31 Å². The molecule has 0 unspecified atom stereocenters. The van der Waals surface area contributed by atoms with Crippen LogP contribution in [0.2, 0.25) is 0 Å². The van der Waals surface area contributed by atoms with Crippen LogP contribution in [0.5, 0.6) is 0 Å². The Morgan fingerprint density at radius 1 is 1.07 bits per heavy atom. The zero-order valence-electron chi connectivity index (χ0n) is 14.9. The SMILES string of the molecule is N#Cc1ccccc1C[NH+]1CCN(S(=O)(=O)c2cccc(C(F)(F)F)c2)CC1. The van der Waals surface area contributed by atoms with E-state index in [4.69, 9.17) is 0 Å². The number of benzene rings is 2. The molecule has 0 saturated carbocycles. The molecule has 2 aromatic carbocycles. The van der Waals surface area contributed by atoms with Crippen molar-refractivity contribution in [3.05, 3.63) is 65.2 Å². The standard InChI is InChI=1S/C19H18F3N3O2S/c20-19(21,22)17-6-3-7-18(12-17)28(26,27)25-10-8-24(9-11-25)14-16-5-2-1-4-15(16)13-23/h1-7,12H,8-11,14H2/p+1. The maximum Gasteiger partial charge on any atom is 0.416 e. The average molecular weight is 410 g/mol. The van der Waals surface area contributed by atoms with Gasteiger partial charge in [-0.1, -0.05) is 24.3 Å². The minimum atomic E-state index is -4.59. The molecule has 3 rings (SSSR count). The van der Waals surface area contributed by atoms with E-state index in [-0.39, 0.29) is 18.0 Å². The van der Waals surface area contributed by atoms with E-state index < -0.39 is 21.8 Å². The summed E-state index contributed by atoms with van der Waals surface area (Å²) in [6, 6.07) is 13.2. The first-order chi connectivity index (χ1) is 13.2. The van der Waals surface area contributed by atoms with Crippen LogP contribution in [-0.4, -0.2) is 38.9 Å². The second-order valence-electron chi connectivity index (χ2n) is 6.63. The summed E-state index contributed by atoms with van der Waals surface area (Å²) in [6.45, 7) is 2.04. The zero-order chi connectivity index (χ0) is 20.4. The van der Waals surface area contributed by atoms with Crippen molar-refractivity contribution in [2.24, 2.45) is 0 Å². The van der Waals surface area contributed by atoms with Crippen LogP contribution in [0.3, 0.4) is 0 Å². The van der Waals surface area contributed by atoms with E-state index in [1.165, 1.54) is 10.4 Å². The lowest BCUT2D eigenvalue weighted by molar-refractivity contribution is -0.917. The predicted molar refractivity (Wildman–Crippen MR) is 95.8 cm³/mol. The van der Waals surface area contributed by atoms with Crippen LogP contribution in [0.25, 0.3) is 0 Å². The number of rotatable bonds is 4. The minimum absolute atomic E-state index is 0.211.